The fourth-order valence-corrected chi connectivity index (χ4v) is 2.59. The van der Waals surface area contributed by atoms with Crippen LogP contribution in [-0.2, 0) is 9.53 Å². The third-order valence-electron chi connectivity index (χ3n) is 3.14. The van der Waals surface area contributed by atoms with E-state index in [1.807, 2.05) is 0 Å². The molecule has 3 rings (SSSR count). The molecule has 0 radical (unpaired) electrons. The SMILES string of the molecule is O=C1[C@H]2CC=C3OC[C@H](C2)[C@H]13. The molecule has 58 valence electrons. The first-order valence-corrected chi connectivity index (χ1v) is 4.23. The van der Waals surface area contributed by atoms with Crippen LogP contribution in [0.1, 0.15) is 12.8 Å². The van der Waals surface area contributed by atoms with E-state index in [4.69, 9.17) is 4.74 Å². The Morgan fingerprint density at radius 2 is 2.45 bits per heavy atom. The number of carbonyl (C=O) groups is 1. The standard InChI is InChI=1S/C9H10O2/c10-9-5-1-2-7-8(9)6(3-5)4-11-7/h2,5-6,8H,1,3-4H2/t5-,6-,8-/m0/s1. The molecule has 0 unspecified atom stereocenters. The number of Topliss-reactive ketones (excluding diaryl/α,β-unsaturated/α-hetero) is 1. The lowest BCUT2D eigenvalue weighted by atomic mass is 9.92. The van der Waals surface area contributed by atoms with Crippen LogP contribution in [-0.4, -0.2) is 12.4 Å². The van der Waals surface area contributed by atoms with E-state index in [1.54, 1.807) is 0 Å². The largest absolute Gasteiger partial charge is 0.497 e. The summed E-state index contributed by atoms with van der Waals surface area (Å²) in [5.74, 6) is 2.48. The molecule has 2 bridgehead atoms. The number of ketones is 1. The van der Waals surface area contributed by atoms with Crippen LogP contribution in [0, 0.1) is 17.8 Å². The Bertz CT molecular complexity index is 254. The molecule has 1 saturated carbocycles. The summed E-state index contributed by atoms with van der Waals surface area (Å²) in [6.45, 7) is 0.790. The number of rotatable bonds is 0. The van der Waals surface area contributed by atoms with Crippen LogP contribution < -0.4 is 0 Å². The zero-order valence-corrected chi connectivity index (χ0v) is 6.25. The van der Waals surface area contributed by atoms with Crippen molar-refractivity contribution >= 4 is 5.78 Å². The maximum atomic E-state index is 11.5. The topological polar surface area (TPSA) is 26.3 Å². The van der Waals surface area contributed by atoms with Crippen molar-refractivity contribution in [2.24, 2.45) is 17.8 Å². The van der Waals surface area contributed by atoms with Crippen LogP contribution in [0.5, 0.6) is 0 Å². The van der Waals surface area contributed by atoms with Gasteiger partial charge in [0.2, 0.25) is 0 Å². The van der Waals surface area contributed by atoms with Crippen molar-refractivity contribution in [3.05, 3.63) is 11.8 Å². The van der Waals surface area contributed by atoms with Crippen LogP contribution in [0.2, 0.25) is 0 Å². The van der Waals surface area contributed by atoms with E-state index in [-0.39, 0.29) is 5.92 Å². The van der Waals surface area contributed by atoms with Gasteiger partial charge in [-0.05, 0) is 18.9 Å². The third kappa shape index (κ3) is 0.561. The molecular formula is C9H10O2. The van der Waals surface area contributed by atoms with Gasteiger partial charge in [0, 0.05) is 11.8 Å². The second-order valence-electron chi connectivity index (χ2n) is 3.73. The Morgan fingerprint density at radius 1 is 1.55 bits per heavy atom. The average Bonchev–Trinajstić information content (AvgIpc) is 2.39. The number of hydrogen-bond donors (Lipinski definition) is 0. The lowest BCUT2D eigenvalue weighted by Crippen LogP contribution is -2.19. The summed E-state index contributed by atoms with van der Waals surface area (Å²) >= 11 is 0. The van der Waals surface area contributed by atoms with E-state index in [2.05, 4.69) is 6.08 Å². The summed E-state index contributed by atoms with van der Waals surface area (Å²) in [4.78, 5) is 11.5. The Morgan fingerprint density at radius 3 is 3.36 bits per heavy atom. The summed E-state index contributed by atoms with van der Waals surface area (Å²) < 4.78 is 5.42. The molecule has 0 aromatic rings. The molecule has 2 fully saturated rings. The zero-order valence-electron chi connectivity index (χ0n) is 6.25. The molecule has 2 nitrogen and oxygen atoms in total. The van der Waals surface area contributed by atoms with Gasteiger partial charge in [-0.1, -0.05) is 0 Å². The highest BCUT2D eigenvalue weighted by molar-refractivity contribution is 5.89. The van der Waals surface area contributed by atoms with Gasteiger partial charge in [0.15, 0.2) is 0 Å². The molecule has 0 aromatic heterocycles. The van der Waals surface area contributed by atoms with Gasteiger partial charge in [-0.2, -0.15) is 0 Å². The Balaban J connectivity index is 2.14. The second kappa shape index (κ2) is 1.68. The summed E-state index contributed by atoms with van der Waals surface area (Å²) in [6.07, 6.45) is 4.12. The van der Waals surface area contributed by atoms with Crippen molar-refractivity contribution in [2.75, 3.05) is 6.61 Å². The van der Waals surface area contributed by atoms with Crippen molar-refractivity contribution in [3.63, 3.8) is 0 Å². The fraction of sp³-hybridized carbons (Fsp3) is 0.667. The Kier molecular flexibility index (Phi) is 0.888. The van der Waals surface area contributed by atoms with Gasteiger partial charge >= 0.3 is 0 Å². The quantitative estimate of drug-likeness (QED) is 0.517. The molecule has 2 aliphatic carbocycles. The smallest absolute Gasteiger partial charge is 0.147 e. The van der Waals surface area contributed by atoms with Crippen molar-refractivity contribution in [3.8, 4) is 0 Å². The second-order valence-corrected chi connectivity index (χ2v) is 3.73. The van der Waals surface area contributed by atoms with Gasteiger partial charge in [-0.3, -0.25) is 4.79 Å². The normalized spacial score (nSPS) is 45.6. The highest BCUT2D eigenvalue weighted by Gasteiger charge is 2.50. The van der Waals surface area contributed by atoms with Crippen molar-refractivity contribution in [1.82, 2.24) is 0 Å². The Labute approximate surface area is 65.2 Å². The van der Waals surface area contributed by atoms with Crippen LogP contribution in [0.15, 0.2) is 11.8 Å². The first kappa shape index (κ1) is 5.81. The number of fused-ring (bicyclic) bond motifs is 1. The summed E-state index contributed by atoms with van der Waals surface area (Å²) in [7, 11) is 0. The van der Waals surface area contributed by atoms with E-state index in [0.717, 1.165) is 25.2 Å². The lowest BCUT2D eigenvalue weighted by Gasteiger charge is -2.14. The minimum Gasteiger partial charge on any atom is -0.497 e. The Hall–Kier alpha value is -0.790. The van der Waals surface area contributed by atoms with Crippen molar-refractivity contribution in [1.29, 1.82) is 0 Å². The highest BCUT2D eigenvalue weighted by atomic mass is 16.5. The minimum absolute atomic E-state index is 0.175. The molecule has 3 aliphatic rings. The predicted molar refractivity (Wildman–Crippen MR) is 38.7 cm³/mol. The van der Waals surface area contributed by atoms with E-state index in [1.165, 1.54) is 0 Å². The van der Waals surface area contributed by atoms with Gasteiger partial charge in [0.05, 0.1) is 12.5 Å². The molecule has 1 heterocycles. The maximum absolute atomic E-state index is 11.5. The molecule has 1 aliphatic heterocycles. The van der Waals surface area contributed by atoms with Gasteiger partial charge in [0.25, 0.3) is 0 Å². The maximum Gasteiger partial charge on any atom is 0.147 e. The molecule has 0 spiro atoms. The molecule has 1 saturated heterocycles. The molecule has 0 aromatic carbocycles. The first-order valence-electron chi connectivity index (χ1n) is 4.23. The monoisotopic (exact) mass is 150 g/mol. The van der Waals surface area contributed by atoms with E-state index >= 15 is 0 Å². The van der Waals surface area contributed by atoms with Crippen LogP contribution in [0.25, 0.3) is 0 Å². The van der Waals surface area contributed by atoms with Crippen LogP contribution in [0.4, 0.5) is 0 Å². The predicted octanol–water partition coefficient (Wildman–Crippen LogP) is 1.13. The van der Waals surface area contributed by atoms with Crippen molar-refractivity contribution in [2.45, 2.75) is 12.8 Å². The fourth-order valence-electron chi connectivity index (χ4n) is 2.59. The highest BCUT2D eigenvalue weighted by Crippen LogP contribution is 2.47. The molecule has 2 heteroatoms. The number of hydrogen-bond acceptors (Lipinski definition) is 2. The van der Waals surface area contributed by atoms with Gasteiger partial charge in [-0.25, -0.2) is 0 Å². The average molecular weight is 150 g/mol. The zero-order chi connectivity index (χ0) is 7.42. The number of carbonyl (C=O) groups excluding carboxylic acids is 1. The molecule has 3 atom stereocenters. The van der Waals surface area contributed by atoms with Gasteiger partial charge in [-0.15, -0.1) is 0 Å². The summed E-state index contributed by atoms with van der Waals surface area (Å²) in [5, 5.41) is 0. The van der Waals surface area contributed by atoms with Crippen molar-refractivity contribution < 1.29 is 9.53 Å². The van der Waals surface area contributed by atoms with E-state index in [9.17, 15) is 4.79 Å². The molecular weight excluding hydrogens is 140 g/mol. The number of ether oxygens (including phenoxy) is 1. The van der Waals surface area contributed by atoms with Gasteiger partial charge in [0.1, 0.15) is 11.5 Å². The number of allylic oxidation sites excluding steroid dienone is 2. The van der Waals surface area contributed by atoms with Crippen LogP contribution >= 0.6 is 0 Å². The molecule has 0 N–H and O–H groups in total. The first-order chi connectivity index (χ1) is 5.36. The third-order valence-corrected chi connectivity index (χ3v) is 3.14. The van der Waals surface area contributed by atoms with E-state index < -0.39 is 0 Å². The summed E-state index contributed by atoms with van der Waals surface area (Å²) in [6, 6.07) is 0. The van der Waals surface area contributed by atoms with Gasteiger partial charge < -0.3 is 4.74 Å². The summed E-state index contributed by atoms with van der Waals surface area (Å²) in [5.41, 5.74) is 0. The minimum atomic E-state index is 0.175. The molecule has 0 amide bonds. The lowest BCUT2D eigenvalue weighted by molar-refractivity contribution is -0.123. The molecule has 11 heavy (non-hydrogen) atoms. The van der Waals surface area contributed by atoms with E-state index in [0.29, 0.717) is 17.6 Å². The van der Waals surface area contributed by atoms with Crippen LogP contribution in [0.3, 0.4) is 0 Å².